The van der Waals surface area contributed by atoms with Crippen molar-refractivity contribution in [1.29, 1.82) is 0 Å². The molecule has 0 saturated heterocycles. The summed E-state index contributed by atoms with van der Waals surface area (Å²) >= 11 is 0. The zero-order valence-corrected chi connectivity index (χ0v) is 12.6. The van der Waals surface area contributed by atoms with Gasteiger partial charge in [-0.1, -0.05) is 42.5 Å². The van der Waals surface area contributed by atoms with Crippen LogP contribution in [0.5, 0.6) is 0 Å². The monoisotopic (exact) mass is 293 g/mol. The van der Waals surface area contributed by atoms with Gasteiger partial charge < -0.3 is 10.1 Å². The number of ether oxygens (including phenoxy) is 1. The van der Waals surface area contributed by atoms with E-state index in [2.05, 4.69) is 34.3 Å². The average molecular weight is 293 g/mol. The number of hydrogen-bond acceptors (Lipinski definition) is 4. The summed E-state index contributed by atoms with van der Waals surface area (Å²) in [7, 11) is 0. The molecule has 0 amide bonds. The molecule has 4 nitrogen and oxygen atoms in total. The van der Waals surface area contributed by atoms with Crippen LogP contribution in [0.25, 0.3) is 10.9 Å². The first-order valence-corrected chi connectivity index (χ1v) is 7.45. The molecule has 112 valence electrons. The lowest BCUT2D eigenvalue weighted by atomic mass is 10.1. The van der Waals surface area contributed by atoms with Gasteiger partial charge in [-0.3, -0.25) is 0 Å². The molecule has 1 heterocycles. The second-order valence-corrected chi connectivity index (χ2v) is 5.09. The Morgan fingerprint density at radius 1 is 1.00 bits per heavy atom. The van der Waals surface area contributed by atoms with E-state index < -0.39 is 0 Å². The summed E-state index contributed by atoms with van der Waals surface area (Å²) in [5, 5.41) is 4.35. The highest BCUT2D eigenvalue weighted by Gasteiger charge is 2.05. The van der Waals surface area contributed by atoms with Gasteiger partial charge in [0, 0.05) is 11.9 Å². The summed E-state index contributed by atoms with van der Waals surface area (Å²) in [6, 6.07) is 18.2. The molecule has 1 atom stereocenters. The first-order valence-electron chi connectivity index (χ1n) is 7.45. The Bertz CT molecular complexity index is 725. The van der Waals surface area contributed by atoms with Gasteiger partial charge in [-0.05, 0) is 24.6 Å². The summed E-state index contributed by atoms with van der Waals surface area (Å²) < 4.78 is 5.86. The van der Waals surface area contributed by atoms with E-state index in [0.717, 1.165) is 16.7 Å². The topological polar surface area (TPSA) is 47.0 Å². The number of benzene rings is 2. The number of anilines is 1. The number of nitrogens with zero attached hydrogens (tertiary/aromatic N) is 2. The fourth-order valence-electron chi connectivity index (χ4n) is 2.37. The van der Waals surface area contributed by atoms with E-state index in [-0.39, 0.29) is 6.10 Å². The molecule has 0 spiro atoms. The van der Waals surface area contributed by atoms with Crippen LogP contribution in [0.4, 0.5) is 5.82 Å². The van der Waals surface area contributed by atoms with Gasteiger partial charge in [-0.15, -0.1) is 0 Å². The molecule has 0 radical (unpaired) electrons. The third-order valence-corrected chi connectivity index (χ3v) is 3.57. The molecule has 0 aliphatic heterocycles. The van der Waals surface area contributed by atoms with Gasteiger partial charge in [0.05, 0.1) is 18.2 Å². The first-order chi connectivity index (χ1) is 10.8. The number of hydrogen-bond donors (Lipinski definition) is 1. The van der Waals surface area contributed by atoms with Gasteiger partial charge in [-0.25, -0.2) is 9.97 Å². The second kappa shape index (κ2) is 7.00. The molecule has 0 aliphatic carbocycles. The van der Waals surface area contributed by atoms with Gasteiger partial charge in [-0.2, -0.15) is 0 Å². The molecule has 3 aromatic rings. The lowest BCUT2D eigenvalue weighted by molar-refractivity contribution is 0.0736. The normalized spacial score (nSPS) is 12.2. The zero-order valence-electron chi connectivity index (χ0n) is 12.6. The van der Waals surface area contributed by atoms with Gasteiger partial charge in [0.1, 0.15) is 12.1 Å². The Balaban J connectivity index is 1.55. The van der Waals surface area contributed by atoms with Crippen molar-refractivity contribution in [2.75, 3.05) is 18.5 Å². The summed E-state index contributed by atoms with van der Waals surface area (Å²) in [5.74, 6) is 0.849. The Morgan fingerprint density at radius 3 is 2.64 bits per heavy atom. The number of nitrogens with one attached hydrogen (secondary N) is 1. The van der Waals surface area contributed by atoms with Crippen molar-refractivity contribution in [3.8, 4) is 0 Å². The lowest BCUT2D eigenvalue weighted by Crippen LogP contribution is -2.12. The molecule has 1 N–H and O–H groups in total. The van der Waals surface area contributed by atoms with Crippen molar-refractivity contribution < 1.29 is 4.74 Å². The minimum Gasteiger partial charge on any atom is -0.372 e. The van der Waals surface area contributed by atoms with Crippen LogP contribution in [-0.4, -0.2) is 23.1 Å². The summed E-state index contributed by atoms with van der Waals surface area (Å²) in [6.07, 6.45) is 1.67. The van der Waals surface area contributed by atoms with Gasteiger partial charge in [0.25, 0.3) is 0 Å². The van der Waals surface area contributed by atoms with E-state index in [1.165, 1.54) is 5.56 Å². The van der Waals surface area contributed by atoms with Crippen molar-refractivity contribution in [3.63, 3.8) is 0 Å². The first kappa shape index (κ1) is 14.5. The van der Waals surface area contributed by atoms with Crippen LogP contribution in [0.1, 0.15) is 18.6 Å². The fraction of sp³-hybridized carbons (Fsp3) is 0.222. The molecular weight excluding hydrogens is 274 g/mol. The van der Waals surface area contributed by atoms with Crippen molar-refractivity contribution in [1.82, 2.24) is 9.97 Å². The van der Waals surface area contributed by atoms with Crippen LogP contribution >= 0.6 is 0 Å². The van der Waals surface area contributed by atoms with Crippen molar-refractivity contribution in [2.24, 2.45) is 0 Å². The molecule has 1 aromatic heterocycles. The van der Waals surface area contributed by atoms with E-state index in [1.54, 1.807) is 6.33 Å². The maximum Gasteiger partial charge on any atom is 0.137 e. The highest BCUT2D eigenvalue weighted by Crippen LogP contribution is 2.18. The van der Waals surface area contributed by atoms with Gasteiger partial charge in [0.2, 0.25) is 0 Å². The molecular formula is C18H19N3O. The zero-order chi connectivity index (χ0) is 15.2. The number of rotatable bonds is 6. The van der Waals surface area contributed by atoms with Crippen LogP contribution in [0.3, 0.4) is 0 Å². The van der Waals surface area contributed by atoms with Crippen LogP contribution in [0.15, 0.2) is 60.9 Å². The highest BCUT2D eigenvalue weighted by molar-refractivity contribution is 5.88. The van der Waals surface area contributed by atoms with Crippen molar-refractivity contribution in [2.45, 2.75) is 13.0 Å². The second-order valence-electron chi connectivity index (χ2n) is 5.09. The van der Waals surface area contributed by atoms with Crippen molar-refractivity contribution >= 4 is 16.7 Å². The van der Waals surface area contributed by atoms with E-state index >= 15 is 0 Å². The van der Waals surface area contributed by atoms with E-state index in [1.807, 2.05) is 42.5 Å². The Morgan fingerprint density at radius 2 is 1.77 bits per heavy atom. The Labute approximate surface area is 130 Å². The predicted molar refractivity (Wildman–Crippen MR) is 88.8 cm³/mol. The van der Waals surface area contributed by atoms with Crippen LogP contribution < -0.4 is 5.32 Å². The standard InChI is InChI=1S/C18H19N3O/c1-14(15-7-3-2-4-8-15)22-12-11-19-18-16-9-5-6-10-17(16)20-13-21-18/h2-10,13-14H,11-12H2,1H3,(H,19,20,21). The number of para-hydroxylation sites is 1. The molecule has 2 aromatic carbocycles. The van der Waals surface area contributed by atoms with E-state index in [0.29, 0.717) is 13.2 Å². The molecule has 0 saturated carbocycles. The van der Waals surface area contributed by atoms with Gasteiger partial charge >= 0.3 is 0 Å². The predicted octanol–water partition coefficient (Wildman–Crippen LogP) is 3.82. The molecule has 0 bridgehead atoms. The fourth-order valence-corrected chi connectivity index (χ4v) is 2.37. The molecule has 0 aliphatic rings. The maximum absolute atomic E-state index is 5.86. The Hall–Kier alpha value is -2.46. The van der Waals surface area contributed by atoms with Gasteiger partial charge in [0.15, 0.2) is 0 Å². The minimum absolute atomic E-state index is 0.0881. The molecule has 0 fully saturated rings. The maximum atomic E-state index is 5.86. The number of fused-ring (bicyclic) bond motifs is 1. The summed E-state index contributed by atoms with van der Waals surface area (Å²) in [6.45, 7) is 3.39. The SMILES string of the molecule is CC(OCCNc1ncnc2ccccc12)c1ccccc1. The summed E-state index contributed by atoms with van der Waals surface area (Å²) in [4.78, 5) is 8.56. The molecule has 1 unspecified atom stereocenters. The third kappa shape index (κ3) is 3.40. The van der Waals surface area contributed by atoms with Crippen LogP contribution in [0, 0.1) is 0 Å². The average Bonchev–Trinajstić information content (AvgIpc) is 2.59. The molecule has 4 heteroatoms. The van der Waals surface area contributed by atoms with E-state index in [4.69, 9.17) is 4.74 Å². The third-order valence-electron chi connectivity index (χ3n) is 3.57. The molecule has 22 heavy (non-hydrogen) atoms. The largest absolute Gasteiger partial charge is 0.372 e. The minimum atomic E-state index is 0.0881. The lowest BCUT2D eigenvalue weighted by Gasteiger charge is -2.14. The van der Waals surface area contributed by atoms with Crippen LogP contribution in [0.2, 0.25) is 0 Å². The highest BCUT2D eigenvalue weighted by atomic mass is 16.5. The Kier molecular flexibility index (Phi) is 4.61. The van der Waals surface area contributed by atoms with E-state index in [9.17, 15) is 0 Å². The molecule has 3 rings (SSSR count). The smallest absolute Gasteiger partial charge is 0.137 e. The summed E-state index contributed by atoms with van der Waals surface area (Å²) in [5.41, 5.74) is 2.13. The number of aromatic nitrogens is 2. The van der Waals surface area contributed by atoms with Crippen LogP contribution in [-0.2, 0) is 4.74 Å². The van der Waals surface area contributed by atoms with Crippen molar-refractivity contribution in [3.05, 3.63) is 66.5 Å². The quantitative estimate of drug-likeness (QED) is 0.702.